The zero-order valence-corrected chi connectivity index (χ0v) is 11.7. The van der Waals surface area contributed by atoms with E-state index in [-0.39, 0.29) is 17.6 Å². The van der Waals surface area contributed by atoms with Gasteiger partial charge in [-0.2, -0.15) is 0 Å². The molecule has 0 saturated carbocycles. The van der Waals surface area contributed by atoms with E-state index in [1.54, 1.807) is 6.92 Å². The zero-order chi connectivity index (χ0) is 13.3. The van der Waals surface area contributed by atoms with E-state index in [0.717, 1.165) is 25.8 Å². The van der Waals surface area contributed by atoms with Crippen LogP contribution in [0.2, 0.25) is 0 Å². The summed E-state index contributed by atoms with van der Waals surface area (Å²) in [5.41, 5.74) is 0. The van der Waals surface area contributed by atoms with Crippen LogP contribution >= 0.6 is 0 Å². The van der Waals surface area contributed by atoms with Gasteiger partial charge >= 0.3 is 0 Å². The number of rotatable bonds is 10. The Balaban J connectivity index is 4.07. The first-order chi connectivity index (χ1) is 7.97. The first kappa shape index (κ1) is 16.3. The fourth-order valence-electron chi connectivity index (χ4n) is 1.76. The fraction of sp³-hybridized carbons (Fsp3) is 0.857. The molecule has 1 N–H and O–H groups in total. The smallest absolute Gasteiger partial charge is 0.150 e. The molecule has 0 fully saturated rings. The minimum atomic E-state index is -0.264. The van der Waals surface area contributed by atoms with Crippen molar-refractivity contribution in [2.75, 3.05) is 6.54 Å². The average molecular weight is 241 g/mol. The second-order valence-electron chi connectivity index (χ2n) is 5.17. The second kappa shape index (κ2) is 9.34. The van der Waals surface area contributed by atoms with E-state index in [9.17, 15) is 9.59 Å². The van der Waals surface area contributed by atoms with E-state index in [1.165, 1.54) is 0 Å². The van der Waals surface area contributed by atoms with E-state index < -0.39 is 0 Å². The van der Waals surface area contributed by atoms with Crippen LogP contribution in [0.5, 0.6) is 0 Å². The van der Waals surface area contributed by atoms with Crippen molar-refractivity contribution in [1.82, 2.24) is 5.32 Å². The SMILES string of the molecule is CCCNC(CC(C)=O)C(=O)CCCC(C)C. The Kier molecular flexibility index (Phi) is 8.96. The van der Waals surface area contributed by atoms with Gasteiger partial charge in [0, 0.05) is 12.8 Å². The summed E-state index contributed by atoms with van der Waals surface area (Å²) in [5.74, 6) is 0.905. The maximum atomic E-state index is 12.0. The molecule has 17 heavy (non-hydrogen) atoms. The van der Waals surface area contributed by atoms with Crippen LogP contribution in [0.4, 0.5) is 0 Å². The monoisotopic (exact) mass is 241 g/mol. The highest BCUT2D eigenvalue weighted by atomic mass is 16.1. The van der Waals surface area contributed by atoms with Gasteiger partial charge in [0.25, 0.3) is 0 Å². The van der Waals surface area contributed by atoms with Crippen molar-refractivity contribution < 1.29 is 9.59 Å². The van der Waals surface area contributed by atoms with E-state index in [1.807, 2.05) is 0 Å². The molecule has 0 rings (SSSR count). The quantitative estimate of drug-likeness (QED) is 0.639. The second-order valence-corrected chi connectivity index (χ2v) is 5.17. The minimum Gasteiger partial charge on any atom is -0.307 e. The van der Waals surface area contributed by atoms with Crippen LogP contribution in [0, 0.1) is 5.92 Å². The zero-order valence-electron chi connectivity index (χ0n) is 11.7. The highest BCUT2D eigenvalue weighted by molar-refractivity contribution is 5.89. The molecule has 100 valence electrons. The molecule has 0 bridgehead atoms. The van der Waals surface area contributed by atoms with Crippen molar-refractivity contribution in [2.45, 2.75) is 65.8 Å². The number of nitrogens with one attached hydrogen (secondary N) is 1. The summed E-state index contributed by atoms with van der Waals surface area (Å²) in [7, 11) is 0. The van der Waals surface area contributed by atoms with E-state index >= 15 is 0 Å². The van der Waals surface area contributed by atoms with Gasteiger partial charge in [0.2, 0.25) is 0 Å². The van der Waals surface area contributed by atoms with Gasteiger partial charge in [0.05, 0.1) is 6.04 Å². The van der Waals surface area contributed by atoms with Crippen LogP contribution in [0.1, 0.15) is 59.8 Å². The van der Waals surface area contributed by atoms with Crippen LogP contribution in [0.3, 0.4) is 0 Å². The van der Waals surface area contributed by atoms with Gasteiger partial charge in [-0.25, -0.2) is 0 Å². The summed E-state index contributed by atoms with van der Waals surface area (Å²) < 4.78 is 0. The van der Waals surface area contributed by atoms with E-state index in [4.69, 9.17) is 0 Å². The average Bonchev–Trinajstić information content (AvgIpc) is 2.22. The first-order valence-electron chi connectivity index (χ1n) is 6.72. The Labute approximate surface area is 105 Å². The van der Waals surface area contributed by atoms with Crippen LogP contribution in [0.15, 0.2) is 0 Å². The summed E-state index contributed by atoms with van der Waals surface area (Å²) >= 11 is 0. The molecule has 0 aromatic carbocycles. The lowest BCUT2D eigenvalue weighted by molar-refractivity contribution is -0.125. The lowest BCUT2D eigenvalue weighted by atomic mass is 9.99. The summed E-state index contributed by atoms with van der Waals surface area (Å²) in [5, 5.41) is 3.17. The summed E-state index contributed by atoms with van der Waals surface area (Å²) in [4.78, 5) is 23.1. The molecular weight excluding hydrogens is 214 g/mol. The van der Waals surface area contributed by atoms with Crippen molar-refractivity contribution in [3.63, 3.8) is 0 Å². The maximum Gasteiger partial charge on any atom is 0.150 e. The number of ketones is 2. The maximum absolute atomic E-state index is 12.0. The molecule has 0 aliphatic rings. The first-order valence-corrected chi connectivity index (χ1v) is 6.72. The van der Waals surface area contributed by atoms with Crippen LogP contribution in [0.25, 0.3) is 0 Å². The van der Waals surface area contributed by atoms with Crippen LogP contribution < -0.4 is 5.32 Å². The molecule has 0 amide bonds. The predicted octanol–water partition coefficient (Wildman–Crippen LogP) is 2.73. The Morgan fingerprint density at radius 1 is 1.24 bits per heavy atom. The third kappa shape index (κ3) is 9.04. The van der Waals surface area contributed by atoms with Crippen LogP contribution in [-0.2, 0) is 9.59 Å². The number of carbonyl (C=O) groups excluding carboxylic acids is 2. The Morgan fingerprint density at radius 3 is 2.35 bits per heavy atom. The molecule has 0 saturated heterocycles. The predicted molar refractivity (Wildman–Crippen MR) is 71.1 cm³/mol. The van der Waals surface area contributed by atoms with Crippen molar-refractivity contribution in [1.29, 1.82) is 0 Å². The summed E-state index contributed by atoms with van der Waals surface area (Å²) in [6.45, 7) is 8.72. The van der Waals surface area contributed by atoms with Crippen molar-refractivity contribution >= 4 is 11.6 Å². The van der Waals surface area contributed by atoms with E-state index in [2.05, 4.69) is 26.1 Å². The van der Waals surface area contributed by atoms with E-state index in [0.29, 0.717) is 18.8 Å². The van der Waals surface area contributed by atoms with Gasteiger partial charge in [-0.15, -0.1) is 0 Å². The molecule has 0 aromatic rings. The highest BCUT2D eigenvalue weighted by Crippen LogP contribution is 2.09. The molecule has 0 heterocycles. The topological polar surface area (TPSA) is 46.2 Å². The lowest BCUT2D eigenvalue weighted by Gasteiger charge is -2.16. The van der Waals surface area contributed by atoms with Gasteiger partial charge in [-0.3, -0.25) is 9.59 Å². The Morgan fingerprint density at radius 2 is 1.88 bits per heavy atom. The number of carbonyl (C=O) groups is 2. The molecule has 0 spiro atoms. The minimum absolute atomic E-state index is 0.0795. The molecule has 0 aliphatic heterocycles. The molecule has 3 heteroatoms. The highest BCUT2D eigenvalue weighted by Gasteiger charge is 2.18. The molecule has 0 aromatic heterocycles. The van der Waals surface area contributed by atoms with Gasteiger partial charge in [0.1, 0.15) is 11.6 Å². The Bertz CT molecular complexity index is 236. The standard InChI is InChI=1S/C14H27NO2/c1-5-9-15-13(10-12(4)16)14(17)8-6-7-11(2)3/h11,13,15H,5-10H2,1-4H3. The van der Waals surface area contributed by atoms with Crippen molar-refractivity contribution in [3.8, 4) is 0 Å². The summed E-state index contributed by atoms with van der Waals surface area (Å²) in [6, 6.07) is -0.264. The third-order valence-corrected chi connectivity index (χ3v) is 2.73. The van der Waals surface area contributed by atoms with Crippen molar-refractivity contribution in [2.24, 2.45) is 5.92 Å². The largest absolute Gasteiger partial charge is 0.307 e. The molecule has 1 atom stereocenters. The number of hydrogen-bond acceptors (Lipinski definition) is 3. The number of Topliss-reactive ketones (excluding diaryl/α,β-unsaturated/α-hetero) is 2. The van der Waals surface area contributed by atoms with Gasteiger partial charge in [-0.05, 0) is 32.2 Å². The third-order valence-electron chi connectivity index (χ3n) is 2.73. The van der Waals surface area contributed by atoms with Gasteiger partial charge in [0.15, 0.2) is 0 Å². The molecule has 1 unspecified atom stereocenters. The normalized spacial score (nSPS) is 12.8. The molecular formula is C14H27NO2. The fourth-order valence-corrected chi connectivity index (χ4v) is 1.76. The molecule has 0 aliphatic carbocycles. The molecule has 0 radical (unpaired) electrons. The number of hydrogen-bond donors (Lipinski definition) is 1. The van der Waals surface area contributed by atoms with Gasteiger partial charge in [-0.1, -0.05) is 27.2 Å². The van der Waals surface area contributed by atoms with Crippen molar-refractivity contribution in [3.05, 3.63) is 0 Å². The Hall–Kier alpha value is -0.700. The van der Waals surface area contributed by atoms with Crippen LogP contribution in [-0.4, -0.2) is 24.2 Å². The van der Waals surface area contributed by atoms with Gasteiger partial charge < -0.3 is 5.32 Å². The molecule has 3 nitrogen and oxygen atoms in total. The lowest BCUT2D eigenvalue weighted by Crippen LogP contribution is -2.38. The summed E-state index contributed by atoms with van der Waals surface area (Å²) in [6.07, 6.45) is 3.91.